The van der Waals surface area contributed by atoms with E-state index in [0.717, 1.165) is 5.92 Å². The predicted molar refractivity (Wildman–Crippen MR) is 57.5 cm³/mol. The third-order valence-corrected chi connectivity index (χ3v) is 3.74. The van der Waals surface area contributed by atoms with Crippen LogP contribution in [0, 0.1) is 5.92 Å². The zero-order valence-corrected chi connectivity index (χ0v) is 8.91. The van der Waals surface area contributed by atoms with Crippen molar-refractivity contribution in [2.24, 2.45) is 11.7 Å². The highest BCUT2D eigenvalue weighted by molar-refractivity contribution is 7.99. The van der Waals surface area contributed by atoms with E-state index in [1.807, 2.05) is 11.8 Å². The Morgan fingerprint density at radius 2 is 2.08 bits per heavy atom. The molecule has 1 fully saturated rings. The van der Waals surface area contributed by atoms with Gasteiger partial charge in [0, 0.05) is 6.04 Å². The van der Waals surface area contributed by atoms with Crippen molar-refractivity contribution in [3.63, 3.8) is 0 Å². The number of thioether (sulfide) groups is 1. The molecule has 0 spiro atoms. The molecule has 1 aliphatic carbocycles. The van der Waals surface area contributed by atoms with Gasteiger partial charge in [0.15, 0.2) is 0 Å². The van der Waals surface area contributed by atoms with Crippen molar-refractivity contribution in [3.8, 4) is 0 Å². The molecule has 1 aliphatic rings. The molecular weight excluding hydrogens is 166 g/mol. The molecule has 0 heterocycles. The second-order valence-corrected chi connectivity index (χ2v) is 5.09. The zero-order chi connectivity index (χ0) is 8.81. The van der Waals surface area contributed by atoms with E-state index < -0.39 is 0 Å². The van der Waals surface area contributed by atoms with E-state index >= 15 is 0 Å². The van der Waals surface area contributed by atoms with Crippen LogP contribution in [-0.4, -0.2) is 17.5 Å². The predicted octanol–water partition coefficient (Wildman–Crippen LogP) is 2.65. The van der Waals surface area contributed by atoms with Gasteiger partial charge in [-0.2, -0.15) is 11.8 Å². The molecule has 2 unspecified atom stereocenters. The van der Waals surface area contributed by atoms with Gasteiger partial charge >= 0.3 is 0 Å². The first-order chi connectivity index (χ1) is 5.84. The largest absolute Gasteiger partial charge is 0.327 e. The molecule has 2 atom stereocenters. The van der Waals surface area contributed by atoms with Crippen LogP contribution in [0.3, 0.4) is 0 Å². The van der Waals surface area contributed by atoms with Crippen molar-refractivity contribution < 1.29 is 0 Å². The third kappa shape index (κ3) is 3.36. The maximum atomic E-state index is 6.05. The summed E-state index contributed by atoms with van der Waals surface area (Å²) in [7, 11) is 0. The second kappa shape index (κ2) is 5.87. The molecule has 0 amide bonds. The van der Waals surface area contributed by atoms with E-state index in [4.69, 9.17) is 5.73 Å². The lowest BCUT2D eigenvalue weighted by Crippen LogP contribution is -2.33. The minimum Gasteiger partial charge on any atom is -0.327 e. The van der Waals surface area contributed by atoms with Crippen molar-refractivity contribution in [2.45, 2.75) is 45.1 Å². The van der Waals surface area contributed by atoms with Gasteiger partial charge in [-0.15, -0.1) is 0 Å². The Labute approximate surface area is 80.5 Å². The smallest absolute Gasteiger partial charge is 0.00674 e. The average molecular weight is 187 g/mol. The third-order valence-electron chi connectivity index (χ3n) is 2.80. The van der Waals surface area contributed by atoms with Crippen LogP contribution in [0.4, 0.5) is 0 Å². The van der Waals surface area contributed by atoms with Gasteiger partial charge in [0.2, 0.25) is 0 Å². The van der Waals surface area contributed by atoms with Gasteiger partial charge in [-0.3, -0.25) is 0 Å². The molecule has 0 bridgehead atoms. The van der Waals surface area contributed by atoms with Crippen molar-refractivity contribution in [2.75, 3.05) is 11.5 Å². The Kier molecular flexibility index (Phi) is 5.08. The van der Waals surface area contributed by atoms with Gasteiger partial charge in [0.1, 0.15) is 0 Å². The molecule has 0 saturated heterocycles. The highest BCUT2D eigenvalue weighted by Gasteiger charge is 2.20. The van der Waals surface area contributed by atoms with Crippen LogP contribution in [0.5, 0.6) is 0 Å². The summed E-state index contributed by atoms with van der Waals surface area (Å²) in [6, 6.07) is 0.510. The first-order valence-corrected chi connectivity index (χ1v) is 6.33. The van der Waals surface area contributed by atoms with Crippen LogP contribution in [0.15, 0.2) is 0 Å². The van der Waals surface area contributed by atoms with Crippen LogP contribution < -0.4 is 5.73 Å². The number of hydrogen-bond donors (Lipinski definition) is 1. The quantitative estimate of drug-likeness (QED) is 0.685. The molecule has 1 rings (SSSR count). The Bertz CT molecular complexity index is 116. The maximum absolute atomic E-state index is 6.05. The molecule has 1 saturated carbocycles. The highest BCUT2D eigenvalue weighted by atomic mass is 32.2. The van der Waals surface area contributed by atoms with Crippen molar-refractivity contribution in [1.82, 2.24) is 0 Å². The fraction of sp³-hybridized carbons (Fsp3) is 1.00. The number of nitrogens with two attached hydrogens (primary N) is 1. The molecular formula is C10H21NS. The Morgan fingerprint density at radius 3 is 2.75 bits per heavy atom. The second-order valence-electron chi connectivity index (χ2n) is 3.69. The summed E-state index contributed by atoms with van der Waals surface area (Å²) in [4.78, 5) is 0. The first kappa shape index (κ1) is 10.4. The molecule has 0 aromatic heterocycles. The van der Waals surface area contributed by atoms with Crippen LogP contribution in [-0.2, 0) is 0 Å². The number of rotatable bonds is 4. The summed E-state index contributed by atoms with van der Waals surface area (Å²) in [6.45, 7) is 2.23. The molecule has 0 aliphatic heterocycles. The fourth-order valence-corrected chi connectivity index (χ4v) is 2.73. The lowest BCUT2D eigenvalue weighted by Gasteiger charge is -2.28. The molecule has 2 heteroatoms. The SMILES string of the molecule is CCSCCC1CCCCC1N. The monoisotopic (exact) mass is 187 g/mol. The van der Waals surface area contributed by atoms with E-state index in [1.54, 1.807) is 0 Å². The summed E-state index contributed by atoms with van der Waals surface area (Å²) < 4.78 is 0. The lowest BCUT2D eigenvalue weighted by molar-refractivity contribution is 0.302. The van der Waals surface area contributed by atoms with E-state index in [-0.39, 0.29) is 0 Å². The van der Waals surface area contributed by atoms with E-state index in [2.05, 4.69) is 6.92 Å². The van der Waals surface area contributed by atoms with Gasteiger partial charge < -0.3 is 5.73 Å². The minimum absolute atomic E-state index is 0.510. The van der Waals surface area contributed by atoms with Crippen molar-refractivity contribution in [1.29, 1.82) is 0 Å². The van der Waals surface area contributed by atoms with Crippen LogP contribution in [0.25, 0.3) is 0 Å². The lowest BCUT2D eigenvalue weighted by atomic mass is 9.83. The van der Waals surface area contributed by atoms with Crippen molar-refractivity contribution in [3.05, 3.63) is 0 Å². The maximum Gasteiger partial charge on any atom is 0.00674 e. The molecule has 0 aromatic carbocycles. The first-order valence-electron chi connectivity index (χ1n) is 5.18. The van der Waals surface area contributed by atoms with Gasteiger partial charge in [-0.1, -0.05) is 19.8 Å². The van der Waals surface area contributed by atoms with Crippen LogP contribution in [0.2, 0.25) is 0 Å². The summed E-state index contributed by atoms with van der Waals surface area (Å²) in [5, 5.41) is 0. The van der Waals surface area contributed by atoms with E-state index in [1.165, 1.54) is 43.6 Å². The zero-order valence-electron chi connectivity index (χ0n) is 8.09. The molecule has 12 heavy (non-hydrogen) atoms. The number of hydrogen-bond acceptors (Lipinski definition) is 2. The van der Waals surface area contributed by atoms with Crippen LogP contribution >= 0.6 is 11.8 Å². The van der Waals surface area contributed by atoms with Gasteiger partial charge in [0.25, 0.3) is 0 Å². The standard InChI is InChI=1S/C10H21NS/c1-2-12-8-7-9-5-3-4-6-10(9)11/h9-10H,2-8,11H2,1H3. The van der Waals surface area contributed by atoms with Gasteiger partial charge in [-0.25, -0.2) is 0 Å². The Balaban J connectivity index is 2.11. The molecule has 72 valence electrons. The molecule has 1 nitrogen and oxygen atoms in total. The van der Waals surface area contributed by atoms with Gasteiger partial charge in [0.05, 0.1) is 0 Å². The Hall–Kier alpha value is 0.310. The van der Waals surface area contributed by atoms with E-state index in [9.17, 15) is 0 Å². The minimum atomic E-state index is 0.510. The summed E-state index contributed by atoms with van der Waals surface area (Å²) >= 11 is 2.05. The normalized spacial score (nSPS) is 30.5. The summed E-state index contributed by atoms with van der Waals surface area (Å²) in [6.07, 6.45) is 6.76. The average Bonchev–Trinajstić information content (AvgIpc) is 2.09. The molecule has 0 aromatic rings. The molecule has 2 N–H and O–H groups in total. The topological polar surface area (TPSA) is 26.0 Å². The Morgan fingerprint density at radius 1 is 1.33 bits per heavy atom. The van der Waals surface area contributed by atoms with Crippen LogP contribution in [0.1, 0.15) is 39.0 Å². The molecule has 0 radical (unpaired) electrons. The summed E-state index contributed by atoms with van der Waals surface area (Å²) in [5.74, 6) is 3.40. The highest BCUT2D eigenvalue weighted by Crippen LogP contribution is 2.26. The summed E-state index contributed by atoms with van der Waals surface area (Å²) in [5.41, 5.74) is 6.05. The van der Waals surface area contributed by atoms with Gasteiger partial charge in [-0.05, 0) is 36.7 Å². The fourth-order valence-electron chi connectivity index (χ4n) is 1.97. The van der Waals surface area contributed by atoms with E-state index in [0.29, 0.717) is 6.04 Å². The van der Waals surface area contributed by atoms with Crippen molar-refractivity contribution >= 4 is 11.8 Å².